The molecule has 0 radical (unpaired) electrons. The number of aromatic amines is 1. The summed E-state index contributed by atoms with van der Waals surface area (Å²) in [5.41, 5.74) is 6.27. The molecule has 13 heavy (non-hydrogen) atoms. The number of hydrogen-bond acceptors (Lipinski definition) is 4. The number of nitrogens with one attached hydrogen (secondary N) is 1. The van der Waals surface area contributed by atoms with Crippen LogP contribution in [0, 0.1) is 0 Å². The van der Waals surface area contributed by atoms with Crippen LogP contribution in [0.4, 0.5) is 11.6 Å². The molecule has 5 nitrogen and oxygen atoms in total. The highest BCUT2D eigenvalue weighted by Crippen LogP contribution is 2.28. The maximum Gasteiger partial charge on any atom is 0.278 e. The Morgan fingerprint density at radius 2 is 2.46 bits per heavy atom. The third-order valence-electron chi connectivity index (χ3n) is 2.11. The number of hydrogen-bond donors (Lipinski definition) is 2. The van der Waals surface area contributed by atoms with E-state index in [1.54, 1.807) is 6.21 Å². The van der Waals surface area contributed by atoms with Crippen LogP contribution in [0.15, 0.2) is 9.79 Å². The summed E-state index contributed by atoms with van der Waals surface area (Å²) in [7, 11) is 0. The van der Waals surface area contributed by atoms with Crippen molar-refractivity contribution < 1.29 is 0 Å². The molecule has 2 rings (SSSR count). The van der Waals surface area contributed by atoms with Gasteiger partial charge in [-0.05, 0) is 6.42 Å². The lowest BCUT2D eigenvalue weighted by molar-refractivity contribution is 0.836. The molecule has 0 bridgehead atoms. The average molecular weight is 178 g/mol. The van der Waals surface area contributed by atoms with Gasteiger partial charge in [-0.25, -0.2) is 4.98 Å². The minimum absolute atomic E-state index is 0.139. The molecule has 0 spiro atoms. The van der Waals surface area contributed by atoms with Gasteiger partial charge in [-0.2, -0.15) is 0 Å². The minimum Gasteiger partial charge on any atom is -0.369 e. The maximum absolute atomic E-state index is 11.3. The second-order valence-electron chi connectivity index (χ2n) is 2.98. The monoisotopic (exact) mass is 178 g/mol. The molecule has 0 aromatic carbocycles. The molecule has 1 aromatic heterocycles. The summed E-state index contributed by atoms with van der Waals surface area (Å²) in [6, 6.07) is 0. The Kier molecular flexibility index (Phi) is 1.65. The first-order chi connectivity index (χ1) is 6.22. The van der Waals surface area contributed by atoms with E-state index in [4.69, 9.17) is 5.73 Å². The van der Waals surface area contributed by atoms with Gasteiger partial charge in [0, 0.05) is 12.1 Å². The second kappa shape index (κ2) is 2.69. The van der Waals surface area contributed by atoms with Crippen molar-refractivity contribution in [3.05, 3.63) is 16.0 Å². The maximum atomic E-state index is 11.3. The molecule has 0 aliphatic carbocycles. The number of fused-ring (bicyclic) bond motifs is 1. The van der Waals surface area contributed by atoms with Gasteiger partial charge in [0.2, 0.25) is 5.95 Å². The van der Waals surface area contributed by atoms with Crippen LogP contribution >= 0.6 is 0 Å². The van der Waals surface area contributed by atoms with Crippen LogP contribution in [0.2, 0.25) is 0 Å². The number of aliphatic imine (C=N–C) groups is 1. The van der Waals surface area contributed by atoms with Gasteiger partial charge >= 0.3 is 0 Å². The Morgan fingerprint density at radius 1 is 1.69 bits per heavy atom. The van der Waals surface area contributed by atoms with Gasteiger partial charge in [0.1, 0.15) is 5.69 Å². The van der Waals surface area contributed by atoms with Crippen molar-refractivity contribution in [2.45, 2.75) is 19.3 Å². The van der Waals surface area contributed by atoms with Gasteiger partial charge in [0.25, 0.3) is 5.56 Å². The van der Waals surface area contributed by atoms with Crippen LogP contribution in [0.25, 0.3) is 0 Å². The molecule has 0 saturated carbocycles. The van der Waals surface area contributed by atoms with Gasteiger partial charge in [0.15, 0.2) is 0 Å². The molecule has 0 fully saturated rings. The molecule has 1 atom stereocenters. The molecule has 1 aromatic rings. The van der Waals surface area contributed by atoms with Gasteiger partial charge in [-0.1, -0.05) is 6.92 Å². The van der Waals surface area contributed by atoms with Crippen molar-refractivity contribution in [2.75, 3.05) is 5.73 Å². The predicted molar refractivity (Wildman–Crippen MR) is 50.5 cm³/mol. The normalized spacial score (nSPS) is 19.0. The van der Waals surface area contributed by atoms with Gasteiger partial charge < -0.3 is 5.73 Å². The summed E-state index contributed by atoms with van der Waals surface area (Å²) in [4.78, 5) is 21.8. The van der Waals surface area contributed by atoms with Crippen molar-refractivity contribution >= 4 is 17.9 Å². The summed E-state index contributed by atoms with van der Waals surface area (Å²) in [6.45, 7) is 2.02. The third kappa shape index (κ3) is 1.12. The first kappa shape index (κ1) is 7.97. The highest BCUT2D eigenvalue weighted by Gasteiger charge is 2.21. The molecule has 1 aliphatic heterocycles. The quantitative estimate of drug-likeness (QED) is 0.659. The zero-order valence-corrected chi connectivity index (χ0v) is 7.24. The summed E-state index contributed by atoms with van der Waals surface area (Å²) < 4.78 is 0. The summed E-state index contributed by atoms with van der Waals surface area (Å²) >= 11 is 0. The molecular weight excluding hydrogens is 168 g/mol. The van der Waals surface area contributed by atoms with Crippen molar-refractivity contribution in [3.8, 4) is 0 Å². The van der Waals surface area contributed by atoms with Gasteiger partial charge in [0.05, 0.1) is 5.69 Å². The SMILES string of the molecule is CCC1C=Nc2c1nc(N)[nH]c2=O. The van der Waals surface area contributed by atoms with Crippen LogP contribution in [0.5, 0.6) is 0 Å². The van der Waals surface area contributed by atoms with Crippen LogP contribution < -0.4 is 11.3 Å². The number of aromatic nitrogens is 2. The lowest BCUT2D eigenvalue weighted by Gasteiger charge is -2.04. The zero-order chi connectivity index (χ0) is 9.42. The Morgan fingerprint density at radius 3 is 3.15 bits per heavy atom. The van der Waals surface area contributed by atoms with E-state index in [2.05, 4.69) is 15.0 Å². The zero-order valence-electron chi connectivity index (χ0n) is 7.24. The molecule has 1 aliphatic rings. The van der Waals surface area contributed by atoms with E-state index in [1.807, 2.05) is 6.92 Å². The van der Waals surface area contributed by atoms with E-state index in [-0.39, 0.29) is 17.4 Å². The Balaban J connectivity index is 2.63. The van der Waals surface area contributed by atoms with E-state index in [1.165, 1.54) is 0 Å². The smallest absolute Gasteiger partial charge is 0.278 e. The highest BCUT2D eigenvalue weighted by atomic mass is 16.1. The van der Waals surface area contributed by atoms with Gasteiger partial charge in [-0.15, -0.1) is 0 Å². The fourth-order valence-electron chi connectivity index (χ4n) is 1.42. The Hall–Kier alpha value is -1.65. The lowest BCUT2D eigenvalue weighted by Crippen LogP contribution is -2.13. The Labute approximate surface area is 74.7 Å². The number of nitrogens with two attached hydrogens (primary N) is 1. The van der Waals surface area contributed by atoms with Crippen LogP contribution in [-0.2, 0) is 0 Å². The number of H-pyrrole nitrogens is 1. The fraction of sp³-hybridized carbons (Fsp3) is 0.375. The van der Waals surface area contributed by atoms with Crippen molar-refractivity contribution in [2.24, 2.45) is 4.99 Å². The van der Waals surface area contributed by atoms with Crippen LogP contribution in [0.1, 0.15) is 25.0 Å². The number of anilines is 1. The van der Waals surface area contributed by atoms with Crippen molar-refractivity contribution in [3.63, 3.8) is 0 Å². The summed E-state index contributed by atoms with van der Waals surface area (Å²) in [5.74, 6) is 0.298. The topological polar surface area (TPSA) is 84.1 Å². The highest BCUT2D eigenvalue weighted by molar-refractivity contribution is 5.78. The molecule has 68 valence electrons. The summed E-state index contributed by atoms with van der Waals surface area (Å²) in [6.07, 6.45) is 2.62. The molecule has 5 heteroatoms. The van der Waals surface area contributed by atoms with Crippen LogP contribution in [0.3, 0.4) is 0 Å². The summed E-state index contributed by atoms with van der Waals surface area (Å²) in [5, 5.41) is 0. The molecule has 0 amide bonds. The van der Waals surface area contributed by atoms with Crippen molar-refractivity contribution in [1.82, 2.24) is 9.97 Å². The lowest BCUT2D eigenvalue weighted by atomic mass is 10.1. The first-order valence-corrected chi connectivity index (χ1v) is 4.16. The second-order valence-corrected chi connectivity index (χ2v) is 2.98. The molecule has 2 heterocycles. The van der Waals surface area contributed by atoms with E-state index < -0.39 is 0 Å². The van der Waals surface area contributed by atoms with E-state index in [9.17, 15) is 4.79 Å². The molecule has 1 unspecified atom stereocenters. The van der Waals surface area contributed by atoms with Crippen molar-refractivity contribution in [1.29, 1.82) is 0 Å². The average Bonchev–Trinajstić information content (AvgIpc) is 2.47. The molecular formula is C8H10N4O. The minimum atomic E-state index is -0.255. The predicted octanol–water partition coefficient (Wildman–Crippen LogP) is 0.562. The Bertz CT molecular complexity index is 421. The molecule has 3 N–H and O–H groups in total. The number of nitrogens with zero attached hydrogens (tertiary/aromatic N) is 2. The largest absolute Gasteiger partial charge is 0.369 e. The molecule has 0 saturated heterocycles. The first-order valence-electron chi connectivity index (χ1n) is 4.16. The fourth-order valence-corrected chi connectivity index (χ4v) is 1.42. The standard InChI is InChI=1S/C8H10N4O/c1-2-4-3-10-6-5(4)11-8(9)12-7(6)13/h3-4H,2H2,1H3,(H3,9,11,12,13). The third-order valence-corrected chi connectivity index (χ3v) is 2.11. The van der Waals surface area contributed by atoms with E-state index in [0.717, 1.165) is 6.42 Å². The number of rotatable bonds is 1. The van der Waals surface area contributed by atoms with E-state index >= 15 is 0 Å². The van der Waals surface area contributed by atoms with Crippen LogP contribution in [-0.4, -0.2) is 16.2 Å². The van der Waals surface area contributed by atoms with E-state index in [0.29, 0.717) is 11.4 Å². The number of nitrogen functional groups attached to an aromatic ring is 1. The van der Waals surface area contributed by atoms with Gasteiger partial charge in [-0.3, -0.25) is 14.8 Å².